The van der Waals surface area contributed by atoms with Crippen LogP contribution in [0.25, 0.3) is 0 Å². The molecular weight excluding hydrogens is 676 g/mol. The summed E-state index contributed by atoms with van der Waals surface area (Å²) in [5.41, 5.74) is -9.47. The standard InChI is InChI=1S/C35H44O16/c1-8-15(2)24(38)49-18-12-19(48-16(3)36)32(26(39)43-6)13-46-21-22(32)31(18)14-47-34(42,27(40)44-7)25(31)29(4,23(21)37)35-20-11-17(30(35,5)51-35)33(41)9-10-45-28(33)50-20/h8-10,17-23,25,28,37,41-42H,11-14H2,1-7H3/b15-8+/t17-,18-,19+,20+,21+,22+,23+,25+,28-,29+,30+,31-,32-,33+,34-,35+/m0/s1. The van der Waals surface area contributed by atoms with E-state index in [1.165, 1.54) is 19.3 Å². The first-order valence-electron chi connectivity index (χ1n) is 17.2. The molecule has 2 bridgehead atoms. The van der Waals surface area contributed by atoms with E-state index < -0.39 is 130 Å². The number of carbonyl (C=O) groups is 4. The average Bonchev–Trinajstić information content (AvgIpc) is 3.47. The van der Waals surface area contributed by atoms with Crippen molar-refractivity contribution in [3.63, 3.8) is 0 Å². The quantitative estimate of drug-likeness (QED) is 0.140. The maximum atomic E-state index is 14.2. The van der Waals surface area contributed by atoms with E-state index in [0.717, 1.165) is 14.2 Å². The molecule has 5 aliphatic heterocycles. The fraction of sp³-hybridized carbons (Fsp3) is 0.771. The molecule has 3 saturated carbocycles. The van der Waals surface area contributed by atoms with E-state index >= 15 is 0 Å². The number of allylic oxidation sites excluding steroid dienone is 1. The van der Waals surface area contributed by atoms with Gasteiger partial charge in [-0.15, -0.1) is 0 Å². The lowest BCUT2D eigenvalue weighted by Crippen LogP contribution is -2.79. The van der Waals surface area contributed by atoms with E-state index in [2.05, 4.69) is 0 Å². The van der Waals surface area contributed by atoms with Gasteiger partial charge in [-0.2, -0.15) is 0 Å². The predicted molar refractivity (Wildman–Crippen MR) is 164 cm³/mol. The summed E-state index contributed by atoms with van der Waals surface area (Å²) in [6.07, 6.45) is -3.11. The van der Waals surface area contributed by atoms with Crippen LogP contribution in [0.5, 0.6) is 0 Å². The Morgan fingerprint density at radius 1 is 0.961 bits per heavy atom. The maximum absolute atomic E-state index is 14.2. The topological polar surface area (TPSA) is 215 Å². The lowest BCUT2D eigenvalue weighted by Gasteiger charge is -2.65. The van der Waals surface area contributed by atoms with Gasteiger partial charge in [-0.3, -0.25) is 9.59 Å². The van der Waals surface area contributed by atoms with Crippen molar-refractivity contribution in [3.05, 3.63) is 24.0 Å². The molecular formula is C35H44O16. The number of rotatable bonds is 6. The Hall–Kier alpha value is -3.12. The number of epoxide rings is 1. The summed E-state index contributed by atoms with van der Waals surface area (Å²) in [7, 11) is 2.23. The third kappa shape index (κ3) is 3.65. The van der Waals surface area contributed by atoms with Crippen molar-refractivity contribution in [2.24, 2.45) is 34.0 Å². The molecule has 7 fully saturated rings. The number of aliphatic hydroxyl groups is 3. The van der Waals surface area contributed by atoms with Gasteiger partial charge in [-0.1, -0.05) is 13.0 Å². The fourth-order valence-corrected chi connectivity index (χ4v) is 12.2. The zero-order chi connectivity index (χ0) is 36.9. The van der Waals surface area contributed by atoms with Gasteiger partial charge in [0.25, 0.3) is 5.79 Å². The molecule has 16 nitrogen and oxygen atoms in total. The van der Waals surface area contributed by atoms with E-state index in [1.807, 2.05) is 0 Å². The molecule has 0 aromatic rings. The summed E-state index contributed by atoms with van der Waals surface area (Å²) in [6, 6.07) is 0. The van der Waals surface area contributed by atoms with Gasteiger partial charge in [-0.05, 0) is 33.3 Å². The van der Waals surface area contributed by atoms with E-state index in [0.29, 0.717) is 0 Å². The van der Waals surface area contributed by atoms with Crippen molar-refractivity contribution in [3.8, 4) is 0 Å². The normalized spacial score (nSPS) is 53.9. The van der Waals surface area contributed by atoms with Crippen molar-refractivity contribution >= 4 is 23.9 Å². The number of methoxy groups -OCH3 is 2. The SMILES string of the molecule is C/C=C(\C)C(=O)O[C@H]1C[C@@H](OC(C)=O)[C@@]2(C(=O)OC)CO[C@H]3[C@@H](O)[C@@](C)([C@@]45O[C@]4(C)[C@@H]4C[C@H]5O[C@@H]5OC=C[C@]54O)[C@@H]4[C@]1(CO[C@]4(O)C(=O)OC)[C@@H]32. The minimum absolute atomic E-state index is 0.235. The monoisotopic (exact) mass is 720 g/mol. The molecule has 51 heavy (non-hydrogen) atoms. The molecule has 16 atom stereocenters. The van der Waals surface area contributed by atoms with Gasteiger partial charge in [0, 0.05) is 47.5 Å². The zero-order valence-corrected chi connectivity index (χ0v) is 29.4. The van der Waals surface area contributed by atoms with Gasteiger partial charge in [0.15, 0.2) is 5.60 Å². The smallest absolute Gasteiger partial charge is 0.366 e. The maximum Gasteiger partial charge on any atom is 0.366 e. The molecule has 0 aromatic carbocycles. The van der Waals surface area contributed by atoms with Crippen LogP contribution in [-0.2, 0) is 61.8 Å². The molecule has 8 rings (SSSR count). The summed E-state index contributed by atoms with van der Waals surface area (Å²) in [5.74, 6) is -9.76. The van der Waals surface area contributed by atoms with Crippen LogP contribution in [0.2, 0.25) is 0 Å². The van der Waals surface area contributed by atoms with Crippen LogP contribution in [0.4, 0.5) is 0 Å². The first-order chi connectivity index (χ1) is 23.9. The summed E-state index contributed by atoms with van der Waals surface area (Å²) in [6.45, 7) is 6.88. The average molecular weight is 721 g/mol. The summed E-state index contributed by atoms with van der Waals surface area (Å²) in [4.78, 5) is 54.4. The third-order valence-electron chi connectivity index (χ3n) is 14.1. The van der Waals surface area contributed by atoms with E-state index in [-0.39, 0.29) is 18.4 Å². The number of esters is 4. The lowest BCUT2D eigenvalue weighted by atomic mass is 9.37. The Balaban J connectivity index is 1.40. The summed E-state index contributed by atoms with van der Waals surface area (Å²) >= 11 is 0. The highest BCUT2D eigenvalue weighted by atomic mass is 16.7. The molecule has 1 spiro atoms. The molecule has 16 heteroatoms. The molecule has 5 heterocycles. The van der Waals surface area contributed by atoms with Crippen LogP contribution in [0.1, 0.15) is 47.5 Å². The Morgan fingerprint density at radius 3 is 2.31 bits per heavy atom. The first kappa shape index (κ1) is 34.9. The van der Waals surface area contributed by atoms with E-state index in [4.69, 9.17) is 42.6 Å². The van der Waals surface area contributed by atoms with Crippen LogP contribution in [0, 0.1) is 34.0 Å². The van der Waals surface area contributed by atoms with Gasteiger partial charge >= 0.3 is 23.9 Å². The van der Waals surface area contributed by atoms with Crippen molar-refractivity contribution in [1.29, 1.82) is 0 Å². The predicted octanol–water partition coefficient (Wildman–Crippen LogP) is -0.203. The third-order valence-corrected chi connectivity index (χ3v) is 14.1. The summed E-state index contributed by atoms with van der Waals surface area (Å²) < 4.78 is 54.0. The highest BCUT2D eigenvalue weighted by Gasteiger charge is 2.97. The molecule has 3 aliphatic carbocycles. The molecule has 0 unspecified atom stereocenters. The van der Waals surface area contributed by atoms with Crippen LogP contribution in [0.3, 0.4) is 0 Å². The minimum atomic E-state index is -2.82. The number of fused-ring (bicyclic) bond motifs is 7. The van der Waals surface area contributed by atoms with Crippen LogP contribution < -0.4 is 0 Å². The van der Waals surface area contributed by atoms with E-state index in [1.54, 1.807) is 33.8 Å². The van der Waals surface area contributed by atoms with Gasteiger partial charge in [-0.25, -0.2) is 9.59 Å². The minimum Gasteiger partial charge on any atom is -0.469 e. The molecule has 0 radical (unpaired) electrons. The Bertz CT molecular complexity index is 1660. The van der Waals surface area contributed by atoms with Crippen LogP contribution in [0.15, 0.2) is 24.0 Å². The lowest BCUT2D eigenvalue weighted by molar-refractivity contribution is -0.314. The molecule has 4 saturated heterocycles. The molecule has 280 valence electrons. The van der Waals surface area contributed by atoms with E-state index in [9.17, 15) is 34.5 Å². The number of ether oxygens (including phenoxy) is 9. The van der Waals surface area contributed by atoms with Crippen molar-refractivity contribution < 1.29 is 77.1 Å². The number of carbonyl (C=O) groups excluding carboxylic acids is 4. The van der Waals surface area contributed by atoms with Gasteiger partial charge in [0.2, 0.25) is 6.29 Å². The van der Waals surface area contributed by atoms with Crippen molar-refractivity contribution in [2.45, 2.75) is 107 Å². The second-order valence-electron chi connectivity index (χ2n) is 15.8. The number of aliphatic hydroxyl groups excluding tert-OH is 1. The molecule has 0 aromatic heterocycles. The second kappa shape index (κ2) is 10.5. The van der Waals surface area contributed by atoms with Gasteiger partial charge in [0.05, 0.1) is 52.0 Å². The Morgan fingerprint density at radius 2 is 1.67 bits per heavy atom. The molecule has 3 N–H and O–H groups in total. The fourth-order valence-electron chi connectivity index (χ4n) is 12.2. The number of hydrogen-bond donors (Lipinski definition) is 3. The van der Waals surface area contributed by atoms with Crippen LogP contribution in [-0.4, -0.2) is 126 Å². The molecule has 8 aliphatic rings. The van der Waals surface area contributed by atoms with Crippen LogP contribution >= 0.6 is 0 Å². The number of hydrogen-bond acceptors (Lipinski definition) is 16. The highest BCUT2D eigenvalue weighted by Crippen LogP contribution is 2.83. The summed E-state index contributed by atoms with van der Waals surface area (Å²) in [5, 5.41) is 37.4. The van der Waals surface area contributed by atoms with Crippen molar-refractivity contribution in [2.75, 3.05) is 27.4 Å². The zero-order valence-electron chi connectivity index (χ0n) is 29.4. The largest absolute Gasteiger partial charge is 0.469 e. The van der Waals surface area contributed by atoms with Gasteiger partial charge < -0.3 is 58.0 Å². The highest BCUT2D eigenvalue weighted by molar-refractivity contribution is 5.88. The van der Waals surface area contributed by atoms with Crippen molar-refractivity contribution in [1.82, 2.24) is 0 Å². The molecule has 0 amide bonds. The second-order valence-corrected chi connectivity index (χ2v) is 15.8. The Labute approximate surface area is 293 Å². The first-order valence-corrected chi connectivity index (χ1v) is 17.2. The van der Waals surface area contributed by atoms with Gasteiger partial charge in [0.1, 0.15) is 28.8 Å². The Kier molecular flexibility index (Phi) is 7.20.